The number of aromatic nitrogens is 2. The SMILES string of the molecule is CCCCOC(=O)Nc1nc(NC(C)C2NC(c3ccc(Br)cc3)=CS2)ncc1F. The Morgan fingerprint density at radius 2 is 2.17 bits per heavy atom. The number of amides is 1. The molecule has 0 bridgehead atoms. The van der Waals surface area contributed by atoms with Gasteiger partial charge in [-0.3, -0.25) is 5.32 Å². The van der Waals surface area contributed by atoms with E-state index in [-0.39, 0.29) is 29.8 Å². The van der Waals surface area contributed by atoms with Crippen molar-refractivity contribution in [3.05, 3.63) is 51.7 Å². The van der Waals surface area contributed by atoms with Gasteiger partial charge in [0.25, 0.3) is 0 Å². The molecule has 3 rings (SSSR count). The number of benzene rings is 1. The van der Waals surface area contributed by atoms with Crippen LogP contribution >= 0.6 is 27.7 Å². The number of hydrogen-bond donors (Lipinski definition) is 3. The summed E-state index contributed by atoms with van der Waals surface area (Å²) in [6.45, 7) is 4.23. The van der Waals surface area contributed by atoms with Crippen LogP contribution in [-0.4, -0.2) is 34.1 Å². The van der Waals surface area contributed by atoms with Crippen LogP contribution in [0.5, 0.6) is 0 Å². The number of carbonyl (C=O) groups excluding carboxylic acids is 1. The Morgan fingerprint density at radius 3 is 2.90 bits per heavy atom. The summed E-state index contributed by atoms with van der Waals surface area (Å²) in [5.74, 6) is -0.734. The topological polar surface area (TPSA) is 88.2 Å². The molecule has 1 aromatic heterocycles. The fourth-order valence-electron chi connectivity index (χ4n) is 2.63. The maximum Gasteiger partial charge on any atom is 0.412 e. The molecule has 0 aliphatic carbocycles. The Balaban J connectivity index is 1.57. The van der Waals surface area contributed by atoms with Crippen LogP contribution in [0, 0.1) is 5.82 Å². The minimum absolute atomic E-state index is 0.0349. The molecule has 1 aliphatic heterocycles. The molecule has 0 spiro atoms. The number of thioether (sulfide) groups is 1. The maximum absolute atomic E-state index is 14.0. The first-order valence-electron chi connectivity index (χ1n) is 9.57. The van der Waals surface area contributed by atoms with Crippen molar-refractivity contribution in [2.45, 2.75) is 38.1 Å². The van der Waals surface area contributed by atoms with E-state index < -0.39 is 11.9 Å². The van der Waals surface area contributed by atoms with Crippen molar-refractivity contribution in [2.75, 3.05) is 17.2 Å². The Morgan fingerprint density at radius 1 is 1.40 bits per heavy atom. The first-order valence-corrected chi connectivity index (χ1v) is 11.3. The molecule has 0 fully saturated rings. The van der Waals surface area contributed by atoms with Crippen molar-refractivity contribution in [3.8, 4) is 0 Å². The van der Waals surface area contributed by atoms with Crippen molar-refractivity contribution in [1.82, 2.24) is 15.3 Å². The summed E-state index contributed by atoms with van der Waals surface area (Å²) in [7, 11) is 0. The predicted octanol–water partition coefficient (Wildman–Crippen LogP) is 5.19. The van der Waals surface area contributed by atoms with Gasteiger partial charge in [-0.2, -0.15) is 4.98 Å². The molecule has 2 heterocycles. The van der Waals surface area contributed by atoms with Gasteiger partial charge < -0.3 is 15.4 Å². The summed E-state index contributed by atoms with van der Waals surface area (Å²) in [6, 6.07) is 7.97. The van der Waals surface area contributed by atoms with E-state index in [1.54, 1.807) is 11.8 Å². The van der Waals surface area contributed by atoms with E-state index in [1.807, 2.05) is 38.1 Å². The number of anilines is 2. The molecule has 1 amide bonds. The standard InChI is InChI=1S/C20H23BrFN5O2S/c1-3-4-9-29-20(28)27-17-15(22)10-23-19(26-17)24-12(2)18-25-16(11-30-18)13-5-7-14(21)8-6-13/h5-8,10-12,18,25H,3-4,9H2,1-2H3,(H2,23,24,26,27,28). The van der Waals surface area contributed by atoms with Gasteiger partial charge in [0.15, 0.2) is 11.6 Å². The van der Waals surface area contributed by atoms with Crippen molar-refractivity contribution >= 4 is 51.2 Å². The van der Waals surface area contributed by atoms with Crippen molar-refractivity contribution in [1.29, 1.82) is 0 Å². The molecule has 160 valence electrons. The van der Waals surface area contributed by atoms with Gasteiger partial charge in [0.1, 0.15) is 0 Å². The number of hydrogen-bond acceptors (Lipinski definition) is 7. The normalized spacial score (nSPS) is 16.4. The molecular formula is C20H23BrFN5O2S. The second kappa shape index (κ2) is 10.6. The lowest BCUT2D eigenvalue weighted by atomic mass is 10.2. The molecule has 10 heteroatoms. The number of halogens is 2. The summed E-state index contributed by atoms with van der Waals surface area (Å²) in [5.41, 5.74) is 2.12. The monoisotopic (exact) mass is 495 g/mol. The van der Waals surface area contributed by atoms with E-state index in [9.17, 15) is 9.18 Å². The highest BCUT2D eigenvalue weighted by atomic mass is 79.9. The Hall–Kier alpha value is -2.33. The molecule has 1 aliphatic rings. The van der Waals surface area contributed by atoms with Crippen molar-refractivity contribution in [3.63, 3.8) is 0 Å². The third-order valence-electron chi connectivity index (χ3n) is 4.29. The molecule has 3 N–H and O–H groups in total. The number of carbonyl (C=O) groups is 1. The third kappa shape index (κ3) is 6.09. The van der Waals surface area contributed by atoms with E-state index in [0.29, 0.717) is 0 Å². The number of nitrogens with one attached hydrogen (secondary N) is 3. The average molecular weight is 496 g/mol. The van der Waals surface area contributed by atoms with Gasteiger partial charge >= 0.3 is 6.09 Å². The zero-order chi connectivity index (χ0) is 21.5. The summed E-state index contributed by atoms with van der Waals surface area (Å²) in [5, 5.41) is 11.0. The number of unbranched alkanes of at least 4 members (excludes halogenated alkanes) is 1. The lowest BCUT2D eigenvalue weighted by molar-refractivity contribution is 0.159. The third-order valence-corrected chi connectivity index (χ3v) is 6.01. The maximum atomic E-state index is 14.0. The molecular weight excluding hydrogens is 473 g/mol. The van der Waals surface area contributed by atoms with Crippen molar-refractivity contribution < 1.29 is 13.9 Å². The Kier molecular flexibility index (Phi) is 7.92. The van der Waals surface area contributed by atoms with Gasteiger partial charge in [-0.05, 0) is 36.4 Å². The first-order chi connectivity index (χ1) is 14.5. The lowest BCUT2D eigenvalue weighted by Crippen LogP contribution is -2.36. The highest BCUT2D eigenvalue weighted by Gasteiger charge is 2.24. The number of nitrogens with zero attached hydrogens (tertiary/aromatic N) is 2. The van der Waals surface area contributed by atoms with E-state index in [4.69, 9.17) is 4.74 Å². The van der Waals surface area contributed by atoms with Gasteiger partial charge in [0.05, 0.1) is 24.2 Å². The van der Waals surface area contributed by atoms with Crippen LogP contribution in [-0.2, 0) is 4.74 Å². The fraction of sp³-hybridized carbons (Fsp3) is 0.350. The molecule has 2 unspecified atom stereocenters. The van der Waals surface area contributed by atoms with Crippen LogP contribution in [0.3, 0.4) is 0 Å². The summed E-state index contributed by atoms with van der Waals surface area (Å²) >= 11 is 5.08. The van der Waals surface area contributed by atoms with Crippen LogP contribution in [0.4, 0.5) is 21.0 Å². The summed E-state index contributed by atoms with van der Waals surface area (Å²) < 4.78 is 20.0. The largest absolute Gasteiger partial charge is 0.449 e. The van der Waals surface area contributed by atoms with Gasteiger partial charge in [-0.1, -0.05) is 41.4 Å². The second-order valence-electron chi connectivity index (χ2n) is 6.68. The van der Waals surface area contributed by atoms with E-state index >= 15 is 0 Å². The van der Waals surface area contributed by atoms with Crippen LogP contribution in [0.15, 0.2) is 40.3 Å². The van der Waals surface area contributed by atoms with Crippen molar-refractivity contribution in [2.24, 2.45) is 0 Å². The number of rotatable bonds is 8. The van der Waals surface area contributed by atoms with Gasteiger partial charge in [0.2, 0.25) is 5.95 Å². The van der Waals surface area contributed by atoms with E-state index in [2.05, 4.69) is 47.3 Å². The Bertz CT molecular complexity index is 913. The van der Waals surface area contributed by atoms with E-state index in [1.165, 1.54) is 0 Å². The zero-order valence-electron chi connectivity index (χ0n) is 16.6. The lowest BCUT2D eigenvalue weighted by Gasteiger charge is -2.22. The highest BCUT2D eigenvalue weighted by molar-refractivity contribution is 9.10. The van der Waals surface area contributed by atoms with E-state index in [0.717, 1.165) is 34.8 Å². The quantitative estimate of drug-likeness (QED) is 0.434. The summed E-state index contributed by atoms with van der Waals surface area (Å²) in [4.78, 5) is 19.8. The smallest absolute Gasteiger partial charge is 0.412 e. The van der Waals surface area contributed by atoms with Crippen LogP contribution in [0.25, 0.3) is 5.70 Å². The fourth-order valence-corrected chi connectivity index (χ4v) is 3.88. The van der Waals surface area contributed by atoms with Gasteiger partial charge in [0, 0.05) is 10.2 Å². The molecule has 2 atom stereocenters. The molecule has 0 saturated heterocycles. The highest BCUT2D eigenvalue weighted by Crippen LogP contribution is 2.30. The van der Waals surface area contributed by atoms with Crippen LogP contribution < -0.4 is 16.0 Å². The minimum atomic E-state index is -0.739. The zero-order valence-corrected chi connectivity index (χ0v) is 19.0. The van der Waals surface area contributed by atoms with Crippen LogP contribution in [0.2, 0.25) is 0 Å². The molecule has 7 nitrogen and oxygen atoms in total. The molecule has 30 heavy (non-hydrogen) atoms. The molecule has 2 aromatic rings. The molecule has 0 radical (unpaired) electrons. The predicted molar refractivity (Wildman–Crippen MR) is 122 cm³/mol. The van der Waals surface area contributed by atoms with Crippen LogP contribution in [0.1, 0.15) is 32.3 Å². The first kappa shape index (κ1) is 22.4. The van der Waals surface area contributed by atoms with Gasteiger partial charge in [-0.15, -0.1) is 11.8 Å². The second-order valence-corrected chi connectivity index (χ2v) is 8.61. The summed E-state index contributed by atoms with van der Waals surface area (Å²) in [6.07, 6.45) is 1.92. The average Bonchev–Trinajstić information content (AvgIpc) is 3.22. The Labute approximate surface area is 187 Å². The number of ether oxygens (including phenoxy) is 1. The molecule has 1 aromatic carbocycles. The minimum Gasteiger partial charge on any atom is -0.449 e. The molecule has 0 saturated carbocycles. The van der Waals surface area contributed by atoms with Gasteiger partial charge in [-0.25, -0.2) is 14.2 Å².